The van der Waals surface area contributed by atoms with Gasteiger partial charge in [-0.05, 0) is 48.0 Å². The zero-order valence-corrected chi connectivity index (χ0v) is 16.0. The van der Waals surface area contributed by atoms with E-state index in [-0.39, 0.29) is 5.91 Å². The summed E-state index contributed by atoms with van der Waals surface area (Å²) in [6.45, 7) is 0. The Morgan fingerprint density at radius 3 is 2.57 bits per heavy atom. The van der Waals surface area contributed by atoms with Crippen molar-refractivity contribution in [3.05, 3.63) is 88.4 Å². The lowest BCUT2D eigenvalue weighted by molar-refractivity contribution is -0.111. The molecule has 3 aromatic carbocycles. The molecule has 0 bridgehead atoms. The van der Waals surface area contributed by atoms with Gasteiger partial charge in [0.1, 0.15) is 5.52 Å². The molecule has 1 heterocycles. The van der Waals surface area contributed by atoms with Crippen molar-refractivity contribution in [3.8, 4) is 11.5 Å². The molecule has 1 amide bonds. The third-order valence-corrected chi connectivity index (χ3v) is 4.79. The standard InChI is InChI=1S/C22H14Cl2N2O2/c23-17-9-7-15(12-18(17)24)22-26-19-13-16(8-10-20(19)28-22)25-21(27)11-6-14-4-2-1-3-5-14/h1-13H,(H,25,27). The number of halogens is 2. The highest BCUT2D eigenvalue weighted by Gasteiger charge is 2.11. The minimum absolute atomic E-state index is 0.226. The molecule has 1 aromatic heterocycles. The Labute approximate surface area is 171 Å². The van der Waals surface area contributed by atoms with E-state index < -0.39 is 0 Å². The molecule has 4 aromatic rings. The molecule has 0 aliphatic heterocycles. The maximum Gasteiger partial charge on any atom is 0.248 e. The van der Waals surface area contributed by atoms with Crippen LogP contribution in [0.4, 0.5) is 5.69 Å². The van der Waals surface area contributed by atoms with Crippen LogP contribution >= 0.6 is 23.2 Å². The minimum atomic E-state index is -0.226. The smallest absolute Gasteiger partial charge is 0.248 e. The first-order chi connectivity index (χ1) is 13.6. The normalized spacial score (nSPS) is 11.2. The molecule has 0 saturated heterocycles. The van der Waals surface area contributed by atoms with Crippen molar-refractivity contribution in [2.45, 2.75) is 0 Å². The van der Waals surface area contributed by atoms with E-state index >= 15 is 0 Å². The second kappa shape index (κ2) is 7.89. The maximum atomic E-state index is 12.1. The molecule has 0 unspecified atom stereocenters. The SMILES string of the molecule is O=C(C=Cc1ccccc1)Nc1ccc2oc(-c3ccc(Cl)c(Cl)c3)nc2c1. The summed E-state index contributed by atoms with van der Waals surface area (Å²) in [5, 5.41) is 3.72. The first-order valence-electron chi connectivity index (χ1n) is 8.48. The van der Waals surface area contributed by atoms with Crippen LogP contribution in [-0.2, 0) is 4.79 Å². The molecule has 0 aliphatic rings. The first-order valence-corrected chi connectivity index (χ1v) is 9.24. The average Bonchev–Trinajstić information content (AvgIpc) is 3.13. The zero-order valence-electron chi connectivity index (χ0n) is 14.5. The fraction of sp³-hybridized carbons (Fsp3) is 0. The van der Waals surface area contributed by atoms with Gasteiger partial charge in [-0.25, -0.2) is 4.98 Å². The van der Waals surface area contributed by atoms with Crippen LogP contribution in [0.3, 0.4) is 0 Å². The van der Waals surface area contributed by atoms with Gasteiger partial charge in [0.05, 0.1) is 10.0 Å². The van der Waals surface area contributed by atoms with Crippen molar-refractivity contribution in [2.75, 3.05) is 5.32 Å². The molecule has 0 spiro atoms. The number of nitrogens with zero attached hydrogens (tertiary/aromatic N) is 1. The van der Waals surface area contributed by atoms with Crippen LogP contribution in [0.5, 0.6) is 0 Å². The lowest BCUT2D eigenvalue weighted by Crippen LogP contribution is -2.07. The van der Waals surface area contributed by atoms with E-state index in [1.165, 1.54) is 6.08 Å². The third-order valence-electron chi connectivity index (χ3n) is 4.05. The molecule has 0 fully saturated rings. The van der Waals surface area contributed by atoms with Gasteiger partial charge >= 0.3 is 0 Å². The summed E-state index contributed by atoms with van der Waals surface area (Å²) in [7, 11) is 0. The van der Waals surface area contributed by atoms with Gasteiger partial charge in [-0.3, -0.25) is 4.79 Å². The molecule has 0 atom stereocenters. The van der Waals surface area contributed by atoms with Crippen LogP contribution in [0.15, 0.2) is 77.2 Å². The van der Waals surface area contributed by atoms with E-state index in [4.69, 9.17) is 27.6 Å². The second-order valence-electron chi connectivity index (χ2n) is 6.06. The van der Waals surface area contributed by atoms with Crippen LogP contribution in [0, 0.1) is 0 Å². The number of nitrogens with one attached hydrogen (secondary N) is 1. The summed E-state index contributed by atoms with van der Waals surface area (Å²) in [5.41, 5.74) is 3.55. The molecular weight excluding hydrogens is 395 g/mol. The third kappa shape index (κ3) is 4.09. The van der Waals surface area contributed by atoms with Gasteiger partial charge in [0.15, 0.2) is 5.58 Å². The Bertz CT molecular complexity index is 1180. The number of hydrogen-bond donors (Lipinski definition) is 1. The molecule has 28 heavy (non-hydrogen) atoms. The van der Waals surface area contributed by atoms with Crippen molar-refractivity contribution < 1.29 is 9.21 Å². The van der Waals surface area contributed by atoms with Gasteiger partial charge in [-0.15, -0.1) is 0 Å². The lowest BCUT2D eigenvalue weighted by atomic mass is 10.2. The molecule has 0 radical (unpaired) electrons. The Morgan fingerprint density at radius 2 is 1.79 bits per heavy atom. The predicted octanol–water partition coefficient (Wildman–Crippen LogP) is 6.45. The highest BCUT2D eigenvalue weighted by Crippen LogP contribution is 2.30. The van der Waals surface area contributed by atoms with Crippen LogP contribution in [0.2, 0.25) is 10.0 Å². The number of carbonyl (C=O) groups is 1. The van der Waals surface area contributed by atoms with Crippen LogP contribution in [0.25, 0.3) is 28.6 Å². The van der Waals surface area contributed by atoms with E-state index in [0.29, 0.717) is 32.7 Å². The van der Waals surface area contributed by atoms with Crippen molar-refractivity contribution in [2.24, 2.45) is 0 Å². The fourth-order valence-electron chi connectivity index (χ4n) is 2.68. The van der Waals surface area contributed by atoms with Crippen molar-refractivity contribution in [3.63, 3.8) is 0 Å². The van der Waals surface area contributed by atoms with Crippen LogP contribution < -0.4 is 5.32 Å². The van der Waals surface area contributed by atoms with Crippen molar-refractivity contribution in [1.82, 2.24) is 4.98 Å². The van der Waals surface area contributed by atoms with Crippen molar-refractivity contribution in [1.29, 1.82) is 0 Å². The molecular formula is C22H14Cl2N2O2. The molecule has 4 rings (SSSR count). The summed E-state index contributed by atoms with van der Waals surface area (Å²) in [4.78, 5) is 16.6. The van der Waals surface area contributed by atoms with E-state index in [1.54, 1.807) is 42.5 Å². The Hall–Kier alpha value is -3.08. The summed E-state index contributed by atoms with van der Waals surface area (Å²) < 4.78 is 5.77. The number of aromatic nitrogens is 1. The quantitative estimate of drug-likeness (QED) is 0.394. The highest BCUT2D eigenvalue weighted by molar-refractivity contribution is 6.42. The largest absolute Gasteiger partial charge is 0.436 e. The van der Waals surface area contributed by atoms with Gasteiger partial charge in [0.2, 0.25) is 11.8 Å². The van der Waals surface area contributed by atoms with E-state index in [1.807, 2.05) is 30.3 Å². The second-order valence-corrected chi connectivity index (χ2v) is 6.88. The number of rotatable bonds is 4. The van der Waals surface area contributed by atoms with Crippen LogP contribution in [-0.4, -0.2) is 10.9 Å². The van der Waals surface area contributed by atoms with E-state index in [9.17, 15) is 4.79 Å². The number of anilines is 1. The molecule has 138 valence electrons. The monoisotopic (exact) mass is 408 g/mol. The summed E-state index contributed by atoms with van der Waals surface area (Å²) in [6.07, 6.45) is 3.25. The van der Waals surface area contributed by atoms with Gasteiger partial charge in [0, 0.05) is 17.3 Å². The zero-order chi connectivity index (χ0) is 19.5. The molecule has 0 aliphatic carbocycles. The number of amides is 1. The van der Waals surface area contributed by atoms with Crippen molar-refractivity contribution >= 4 is 52.0 Å². The van der Waals surface area contributed by atoms with E-state index in [2.05, 4.69) is 10.3 Å². The van der Waals surface area contributed by atoms with Gasteiger partial charge < -0.3 is 9.73 Å². The molecule has 6 heteroatoms. The number of fused-ring (bicyclic) bond motifs is 1. The molecule has 4 nitrogen and oxygen atoms in total. The number of benzene rings is 3. The topological polar surface area (TPSA) is 55.1 Å². The summed E-state index contributed by atoms with van der Waals surface area (Å²) in [6, 6.07) is 20.1. The first kappa shape index (κ1) is 18.3. The minimum Gasteiger partial charge on any atom is -0.436 e. The number of carbonyl (C=O) groups excluding carboxylic acids is 1. The van der Waals surface area contributed by atoms with Crippen LogP contribution in [0.1, 0.15) is 5.56 Å². The predicted molar refractivity (Wildman–Crippen MR) is 114 cm³/mol. The number of hydrogen-bond acceptors (Lipinski definition) is 3. The maximum absolute atomic E-state index is 12.1. The number of oxazole rings is 1. The summed E-state index contributed by atoms with van der Waals surface area (Å²) in [5.74, 6) is 0.206. The lowest BCUT2D eigenvalue weighted by Gasteiger charge is -2.01. The van der Waals surface area contributed by atoms with Gasteiger partial charge in [-0.1, -0.05) is 53.5 Å². The molecule has 0 saturated carbocycles. The molecule has 1 N–H and O–H groups in total. The Morgan fingerprint density at radius 1 is 0.964 bits per heavy atom. The average molecular weight is 409 g/mol. The summed E-state index contributed by atoms with van der Waals surface area (Å²) >= 11 is 12.0. The fourth-order valence-corrected chi connectivity index (χ4v) is 2.98. The van der Waals surface area contributed by atoms with E-state index in [0.717, 1.165) is 11.1 Å². The Balaban J connectivity index is 1.53. The van der Waals surface area contributed by atoms with Gasteiger partial charge in [-0.2, -0.15) is 0 Å². The highest BCUT2D eigenvalue weighted by atomic mass is 35.5. The van der Waals surface area contributed by atoms with Gasteiger partial charge in [0.25, 0.3) is 0 Å². The Kier molecular flexibility index (Phi) is 5.15.